The molecule has 1 fully saturated rings. The van der Waals surface area contributed by atoms with Crippen molar-refractivity contribution in [3.63, 3.8) is 0 Å². The standard InChI is InChI=1S/C21H36N4O2/c1-17(2)14-19(25-10-12-27-13-11-25)15-23-21(22-3)24(4)16-18-8-6-7-9-20(18)26-5/h6-9,17,19H,10-16H2,1-5H3,(H,22,23). The summed E-state index contributed by atoms with van der Waals surface area (Å²) >= 11 is 0. The summed E-state index contributed by atoms with van der Waals surface area (Å²) in [7, 11) is 5.62. The van der Waals surface area contributed by atoms with Gasteiger partial charge >= 0.3 is 0 Å². The molecule has 1 saturated heterocycles. The maximum absolute atomic E-state index is 5.52. The van der Waals surface area contributed by atoms with E-state index in [-0.39, 0.29) is 0 Å². The number of para-hydroxylation sites is 1. The number of ether oxygens (including phenoxy) is 2. The van der Waals surface area contributed by atoms with Gasteiger partial charge in [-0.05, 0) is 18.4 Å². The Labute approximate surface area is 164 Å². The average Bonchev–Trinajstić information content (AvgIpc) is 2.68. The largest absolute Gasteiger partial charge is 0.496 e. The Morgan fingerprint density at radius 1 is 1.30 bits per heavy atom. The van der Waals surface area contributed by atoms with Gasteiger partial charge in [0.2, 0.25) is 0 Å². The molecule has 0 aromatic heterocycles. The molecule has 0 saturated carbocycles. The van der Waals surface area contributed by atoms with Crippen molar-refractivity contribution in [1.82, 2.24) is 15.1 Å². The number of hydrogen-bond acceptors (Lipinski definition) is 4. The number of morpholine rings is 1. The number of hydrogen-bond donors (Lipinski definition) is 1. The Bertz CT molecular complexity index is 585. The second-order valence-electron chi connectivity index (χ2n) is 7.53. The molecule has 1 aliphatic rings. The molecule has 0 aliphatic carbocycles. The van der Waals surface area contributed by atoms with E-state index in [9.17, 15) is 0 Å². The smallest absolute Gasteiger partial charge is 0.193 e. The lowest BCUT2D eigenvalue weighted by Gasteiger charge is -2.36. The summed E-state index contributed by atoms with van der Waals surface area (Å²) < 4.78 is 11.0. The first-order valence-electron chi connectivity index (χ1n) is 9.90. The van der Waals surface area contributed by atoms with Gasteiger partial charge in [-0.1, -0.05) is 32.0 Å². The van der Waals surface area contributed by atoms with Crippen LogP contribution in [0.4, 0.5) is 0 Å². The van der Waals surface area contributed by atoms with Crippen LogP contribution < -0.4 is 10.1 Å². The second-order valence-corrected chi connectivity index (χ2v) is 7.53. The van der Waals surface area contributed by atoms with Gasteiger partial charge in [-0.15, -0.1) is 0 Å². The zero-order valence-electron chi connectivity index (χ0n) is 17.6. The Morgan fingerprint density at radius 3 is 2.63 bits per heavy atom. The van der Waals surface area contributed by atoms with Gasteiger partial charge in [0.1, 0.15) is 5.75 Å². The predicted molar refractivity (Wildman–Crippen MR) is 111 cm³/mol. The molecule has 2 rings (SSSR count). The summed E-state index contributed by atoms with van der Waals surface area (Å²) in [5.74, 6) is 2.47. The third-order valence-electron chi connectivity index (χ3n) is 4.97. The quantitative estimate of drug-likeness (QED) is 0.558. The number of guanidine groups is 1. The van der Waals surface area contributed by atoms with Crippen molar-refractivity contribution in [2.75, 3.05) is 54.1 Å². The SMILES string of the molecule is CN=C(NCC(CC(C)C)N1CCOCC1)N(C)Cc1ccccc1OC. The summed E-state index contributed by atoms with van der Waals surface area (Å²) in [6.45, 7) is 9.89. The van der Waals surface area contributed by atoms with Crippen molar-refractivity contribution in [2.24, 2.45) is 10.9 Å². The Balaban J connectivity index is 1.97. The van der Waals surface area contributed by atoms with E-state index in [1.54, 1.807) is 7.11 Å². The number of aliphatic imine (C=N–C) groups is 1. The molecule has 1 aliphatic heterocycles. The van der Waals surface area contributed by atoms with Crippen LogP contribution in [0.2, 0.25) is 0 Å². The molecule has 0 spiro atoms. The molecule has 0 amide bonds. The summed E-state index contributed by atoms with van der Waals surface area (Å²) in [5, 5.41) is 3.58. The first-order valence-corrected chi connectivity index (χ1v) is 9.90. The molecule has 1 N–H and O–H groups in total. The maximum atomic E-state index is 5.52. The fourth-order valence-corrected chi connectivity index (χ4v) is 3.61. The lowest BCUT2D eigenvalue weighted by Crippen LogP contribution is -2.51. The number of benzene rings is 1. The molecule has 6 nitrogen and oxygen atoms in total. The zero-order chi connectivity index (χ0) is 19.6. The Hall–Kier alpha value is -1.79. The first-order chi connectivity index (χ1) is 13.0. The van der Waals surface area contributed by atoms with Crippen LogP contribution in [-0.4, -0.2) is 75.9 Å². The highest BCUT2D eigenvalue weighted by atomic mass is 16.5. The number of nitrogens with one attached hydrogen (secondary N) is 1. The Morgan fingerprint density at radius 2 is 2.00 bits per heavy atom. The maximum Gasteiger partial charge on any atom is 0.193 e. The molecule has 27 heavy (non-hydrogen) atoms. The molecule has 1 aromatic carbocycles. The minimum Gasteiger partial charge on any atom is -0.496 e. The molecule has 6 heteroatoms. The minimum absolute atomic E-state index is 0.491. The van der Waals surface area contributed by atoms with Crippen LogP contribution in [0.15, 0.2) is 29.3 Å². The van der Waals surface area contributed by atoms with E-state index in [2.05, 4.69) is 47.1 Å². The van der Waals surface area contributed by atoms with Crippen LogP contribution in [0, 0.1) is 5.92 Å². The lowest BCUT2D eigenvalue weighted by atomic mass is 10.0. The van der Waals surface area contributed by atoms with Crippen LogP contribution in [0.1, 0.15) is 25.8 Å². The van der Waals surface area contributed by atoms with Crippen LogP contribution in [0.25, 0.3) is 0 Å². The van der Waals surface area contributed by atoms with Crippen LogP contribution in [0.3, 0.4) is 0 Å². The van der Waals surface area contributed by atoms with Gasteiger partial charge in [0.15, 0.2) is 5.96 Å². The molecular formula is C21H36N4O2. The molecule has 152 valence electrons. The van der Waals surface area contributed by atoms with Gasteiger partial charge in [-0.2, -0.15) is 0 Å². The summed E-state index contributed by atoms with van der Waals surface area (Å²) in [6, 6.07) is 8.62. The van der Waals surface area contributed by atoms with Gasteiger partial charge < -0.3 is 19.7 Å². The fourth-order valence-electron chi connectivity index (χ4n) is 3.61. The fraction of sp³-hybridized carbons (Fsp3) is 0.667. The van der Waals surface area contributed by atoms with E-state index in [0.29, 0.717) is 12.0 Å². The van der Waals surface area contributed by atoms with Gasteiger partial charge in [-0.3, -0.25) is 9.89 Å². The third-order valence-corrected chi connectivity index (χ3v) is 4.97. The number of methoxy groups -OCH3 is 1. The van der Waals surface area contributed by atoms with E-state index in [1.165, 1.54) is 6.42 Å². The van der Waals surface area contributed by atoms with Gasteiger partial charge in [0, 0.05) is 51.9 Å². The van der Waals surface area contributed by atoms with Crippen molar-refractivity contribution >= 4 is 5.96 Å². The van der Waals surface area contributed by atoms with Crippen molar-refractivity contribution in [3.8, 4) is 5.75 Å². The predicted octanol–water partition coefficient (Wildman–Crippen LogP) is 2.45. The van der Waals surface area contributed by atoms with E-state index < -0.39 is 0 Å². The number of rotatable bonds is 8. The monoisotopic (exact) mass is 376 g/mol. The normalized spacial score (nSPS) is 17.0. The molecule has 0 radical (unpaired) electrons. The van der Waals surface area contributed by atoms with E-state index >= 15 is 0 Å². The molecule has 1 aromatic rings. The highest BCUT2D eigenvalue weighted by Gasteiger charge is 2.22. The third kappa shape index (κ3) is 6.70. The molecule has 1 heterocycles. The second kappa shape index (κ2) is 11.1. The molecular weight excluding hydrogens is 340 g/mol. The van der Waals surface area contributed by atoms with Crippen molar-refractivity contribution in [1.29, 1.82) is 0 Å². The van der Waals surface area contributed by atoms with Gasteiger partial charge in [-0.25, -0.2) is 0 Å². The van der Waals surface area contributed by atoms with Crippen molar-refractivity contribution in [3.05, 3.63) is 29.8 Å². The highest BCUT2D eigenvalue weighted by molar-refractivity contribution is 5.79. The Kier molecular flexibility index (Phi) is 8.88. The molecule has 0 bridgehead atoms. The van der Waals surface area contributed by atoms with Crippen LogP contribution in [-0.2, 0) is 11.3 Å². The average molecular weight is 377 g/mol. The molecule has 1 atom stereocenters. The van der Waals surface area contributed by atoms with Crippen molar-refractivity contribution < 1.29 is 9.47 Å². The summed E-state index contributed by atoms with van der Waals surface area (Å²) in [4.78, 5) is 9.17. The number of nitrogens with zero attached hydrogens (tertiary/aromatic N) is 3. The minimum atomic E-state index is 0.491. The topological polar surface area (TPSA) is 49.3 Å². The van der Waals surface area contributed by atoms with E-state index in [1.807, 2.05) is 25.2 Å². The first kappa shape index (κ1) is 21.5. The van der Waals surface area contributed by atoms with Crippen molar-refractivity contribution in [2.45, 2.75) is 32.9 Å². The van der Waals surface area contributed by atoms with E-state index in [0.717, 1.165) is 56.7 Å². The molecule has 1 unspecified atom stereocenters. The van der Waals surface area contributed by atoms with Gasteiger partial charge in [0.25, 0.3) is 0 Å². The lowest BCUT2D eigenvalue weighted by molar-refractivity contribution is 0.0131. The summed E-state index contributed by atoms with van der Waals surface area (Å²) in [5.41, 5.74) is 1.15. The van der Waals surface area contributed by atoms with Crippen LogP contribution >= 0.6 is 0 Å². The zero-order valence-corrected chi connectivity index (χ0v) is 17.6. The summed E-state index contributed by atoms with van der Waals surface area (Å²) in [6.07, 6.45) is 1.17. The highest BCUT2D eigenvalue weighted by Crippen LogP contribution is 2.19. The van der Waals surface area contributed by atoms with E-state index in [4.69, 9.17) is 9.47 Å². The van der Waals surface area contributed by atoms with Crippen LogP contribution in [0.5, 0.6) is 5.75 Å². The van der Waals surface area contributed by atoms with Gasteiger partial charge in [0.05, 0.1) is 20.3 Å².